The number of amidine groups is 1. The number of fused-ring (bicyclic) bond motifs is 2. The molecule has 2 saturated heterocycles. The fraction of sp³-hybridized carbons (Fsp3) is 0.500. The third kappa shape index (κ3) is 4.68. The van der Waals surface area contributed by atoms with E-state index in [1.165, 1.54) is 11.9 Å². The van der Waals surface area contributed by atoms with E-state index in [1.54, 1.807) is 25.0 Å². The molecule has 5 rings (SSSR count). The third-order valence-corrected chi connectivity index (χ3v) is 8.29. The Labute approximate surface area is 209 Å². The predicted octanol–water partition coefficient (Wildman–Crippen LogP) is -0.922. The SMILES string of the molecule is CCO/N=C(\C(=O)N[C@@H]1CN2C(C(=O)O)C(C[n+]3cccc4[nH]cnc43)CS[C@H]12)C1=NC(N)SN1. The zero-order valence-electron chi connectivity index (χ0n) is 18.8. The standard InChI is InChI=1S/C20H25N9O4S2/c1-2-33-26-13(15-25-20(21)35-27-15)17(30)24-12-7-29-14(19(31)32)10(8-34-18(12)29)6-28-5-3-4-11-16(28)23-9-22-11/h3-5,9-10,12,14,18,20H,2,6-8,21H2,1H3,(H3,24,25,27,30,31,32)/p+1/b26-13-/t10?,12-,14?,18-,20?/m1/s1. The van der Waals surface area contributed by atoms with Crippen molar-refractivity contribution in [2.45, 2.75) is 36.4 Å². The highest BCUT2D eigenvalue weighted by Gasteiger charge is 2.53. The number of H-pyrrole nitrogens is 1. The Kier molecular flexibility index (Phi) is 6.82. The van der Waals surface area contributed by atoms with Gasteiger partial charge in [0.05, 0.1) is 24.2 Å². The fourth-order valence-corrected chi connectivity index (χ4v) is 6.59. The molecule has 13 nitrogen and oxygen atoms in total. The van der Waals surface area contributed by atoms with Gasteiger partial charge in [-0.3, -0.25) is 20.2 Å². The van der Waals surface area contributed by atoms with Crippen LogP contribution in [0.5, 0.6) is 0 Å². The van der Waals surface area contributed by atoms with Crippen molar-refractivity contribution in [3.05, 3.63) is 24.7 Å². The molecule has 3 unspecified atom stereocenters. The molecule has 1 amide bonds. The van der Waals surface area contributed by atoms with Gasteiger partial charge in [0.15, 0.2) is 11.3 Å². The first-order valence-electron chi connectivity index (χ1n) is 11.1. The minimum Gasteiger partial charge on any atom is -0.480 e. The lowest BCUT2D eigenvalue weighted by atomic mass is 9.94. The van der Waals surface area contributed by atoms with Gasteiger partial charge in [0.2, 0.25) is 12.0 Å². The fourth-order valence-electron chi connectivity index (χ4n) is 4.52. The molecule has 186 valence electrons. The molecule has 0 radical (unpaired) electrons. The van der Waals surface area contributed by atoms with Crippen molar-refractivity contribution in [3.8, 4) is 0 Å². The highest BCUT2D eigenvalue weighted by molar-refractivity contribution is 8.00. The lowest BCUT2D eigenvalue weighted by molar-refractivity contribution is -0.679. The minimum atomic E-state index is -0.867. The van der Waals surface area contributed by atoms with E-state index in [4.69, 9.17) is 10.6 Å². The van der Waals surface area contributed by atoms with Crippen LogP contribution in [-0.2, 0) is 21.0 Å². The number of imidazole rings is 1. The number of aromatic nitrogens is 3. The summed E-state index contributed by atoms with van der Waals surface area (Å²) in [5, 5.41) is 16.8. The first kappa shape index (κ1) is 23.8. The normalized spacial score (nSPS) is 28.6. The average Bonchev–Trinajstić information content (AvgIpc) is 3.47. The van der Waals surface area contributed by atoms with E-state index >= 15 is 0 Å². The number of aliphatic imine (C=N–C) groups is 1. The summed E-state index contributed by atoms with van der Waals surface area (Å²) in [6.45, 7) is 3.01. The molecule has 2 aromatic rings. The van der Waals surface area contributed by atoms with Crippen molar-refractivity contribution >= 4 is 58.3 Å². The van der Waals surface area contributed by atoms with Gasteiger partial charge in [-0.05, 0) is 36.0 Å². The number of thioether (sulfide) groups is 1. The Morgan fingerprint density at radius 3 is 3.09 bits per heavy atom. The van der Waals surface area contributed by atoms with E-state index in [0.29, 0.717) is 25.4 Å². The van der Waals surface area contributed by atoms with E-state index in [2.05, 4.69) is 30.2 Å². The lowest BCUT2D eigenvalue weighted by Gasteiger charge is -2.54. The molecule has 15 heteroatoms. The number of carboxylic acid groups (broad SMARTS) is 1. The number of carboxylic acids is 1. The topological polar surface area (TPSA) is 174 Å². The molecule has 5 atom stereocenters. The maximum absolute atomic E-state index is 13.0. The van der Waals surface area contributed by atoms with Gasteiger partial charge >= 0.3 is 11.6 Å². The van der Waals surface area contributed by atoms with Crippen LogP contribution < -0.4 is 20.3 Å². The van der Waals surface area contributed by atoms with Crippen molar-refractivity contribution in [3.63, 3.8) is 0 Å². The number of aromatic amines is 1. The van der Waals surface area contributed by atoms with Crippen LogP contribution in [0.2, 0.25) is 0 Å². The number of hydrogen-bond donors (Lipinski definition) is 5. The summed E-state index contributed by atoms with van der Waals surface area (Å²) < 4.78 is 4.88. The summed E-state index contributed by atoms with van der Waals surface area (Å²) >= 11 is 2.81. The smallest absolute Gasteiger partial charge is 0.348 e. The number of amides is 1. The van der Waals surface area contributed by atoms with Gasteiger partial charge in [-0.2, -0.15) is 0 Å². The van der Waals surface area contributed by atoms with Gasteiger partial charge in [0.1, 0.15) is 18.2 Å². The number of aliphatic carboxylic acids is 1. The van der Waals surface area contributed by atoms with Crippen LogP contribution in [0.15, 0.2) is 34.8 Å². The van der Waals surface area contributed by atoms with Crippen molar-refractivity contribution in [2.24, 2.45) is 21.8 Å². The number of carbonyl (C=O) groups is 2. The highest BCUT2D eigenvalue weighted by atomic mass is 32.2. The van der Waals surface area contributed by atoms with Crippen LogP contribution in [0.25, 0.3) is 11.2 Å². The Morgan fingerprint density at radius 2 is 2.34 bits per heavy atom. The molecule has 0 saturated carbocycles. The molecule has 3 aliphatic heterocycles. The second-order valence-electron chi connectivity index (χ2n) is 8.29. The van der Waals surface area contributed by atoms with E-state index in [1.807, 2.05) is 27.8 Å². The Bertz CT molecular complexity index is 1190. The lowest BCUT2D eigenvalue weighted by Crippen LogP contribution is -2.73. The number of nitrogens with two attached hydrogens (primary N) is 1. The zero-order valence-corrected chi connectivity index (χ0v) is 20.5. The Hall–Kier alpha value is -2.88. The predicted molar refractivity (Wildman–Crippen MR) is 131 cm³/mol. The van der Waals surface area contributed by atoms with E-state index in [0.717, 1.165) is 11.2 Å². The van der Waals surface area contributed by atoms with Gasteiger partial charge in [0, 0.05) is 18.2 Å². The third-order valence-electron chi connectivity index (χ3n) is 6.07. The summed E-state index contributed by atoms with van der Waals surface area (Å²) in [4.78, 5) is 43.9. The van der Waals surface area contributed by atoms with Crippen molar-refractivity contribution < 1.29 is 24.1 Å². The molecule has 0 aliphatic carbocycles. The maximum Gasteiger partial charge on any atom is 0.348 e. The van der Waals surface area contributed by atoms with Crippen molar-refractivity contribution in [2.75, 3.05) is 18.9 Å². The molecular formula is C20H26N9O4S2+. The number of nitrogens with zero attached hydrogens (tertiary/aromatic N) is 5. The molecule has 35 heavy (non-hydrogen) atoms. The van der Waals surface area contributed by atoms with Crippen LogP contribution in [0.4, 0.5) is 0 Å². The van der Waals surface area contributed by atoms with E-state index in [9.17, 15) is 14.7 Å². The van der Waals surface area contributed by atoms with Crippen LogP contribution in [0, 0.1) is 5.92 Å². The Balaban J connectivity index is 1.27. The molecule has 0 bridgehead atoms. The van der Waals surface area contributed by atoms with Crippen molar-refractivity contribution in [1.82, 2.24) is 24.9 Å². The maximum atomic E-state index is 13.0. The number of oxime groups is 1. The molecule has 0 spiro atoms. The summed E-state index contributed by atoms with van der Waals surface area (Å²) in [5.41, 5.74) is 6.94. The number of pyridine rings is 1. The summed E-state index contributed by atoms with van der Waals surface area (Å²) in [6, 6.07) is 2.96. The van der Waals surface area contributed by atoms with Gasteiger partial charge in [-0.15, -0.1) is 11.8 Å². The molecule has 5 heterocycles. The van der Waals surface area contributed by atoms with Crippen LogP contribution in [0.3, 0.4) is 0 Å². The highest BCUT2D eigenvalue weighted by Crippen LogP contribution is 2.40. The molecular weight excluding hydrogens is 494 g/mol. The molecule has 2 aromatic heterocycles. The van der Waals surface area contributed by atoms with Crippen LogP contribution in [0.1, 0.15) is 6.92 Å². The second kappa shape index (κ2) is 10.0. The quantitative estimate of drug-likeness (QED) is 0.127. The number of rotatable bonds is 8. The molecule has 0 aromatic carbocycles. The van der Waals surface area contributed by atoms with Gasteiger partial charge in [0.25, 0.3) is 5.91 Å². The number of carbonyl (C=O) groups excluding carboxylic acids is 1. The largest absolute Gasteiger partial charge is 0.480 e. The Morgan fingerprint density at radius 1 is 1.49 bits per heavy atom. The zero-order chi connectivity index (χ0) is 24.5. The van der Waals surface area contributed by atoms with E-state index < -0.39 is 23.4 Å². The summed E-state index contributed by atoms with van der Waals surface area (Å²) in [5.74, 6) is -0.538. The van der Waals surface area contributed by atoms with Crippen LogP contribution >= 0.6 is 23.7 Å². The van der Waals surface area contributed by atoms with Crippen LogP contribution in [-0.4, -0.2) is 85.3 Å². The molecule has 2 fully saturated rings. The minimum absolute atomic E-state index is 0.0164. The monoisotopic (exact) mass is 520 g/mol. The summed E-state index contributed by atoms with van der Waals surface area (Å²) in [7, 11) is 0. The molecule has 6 N–H and O–H groups in total. The first-order valence-corrected chi connectivity index (χ1v) is 13.1. The summed E-state index contributed by atoms with van der Waals surface area (Å²) in [6.07, 6.45) is 3.55. The van der Waals surface area contributed by atoms with Gasteiger partial charge in [-0.25, -0.2) is 9.56 Å². The number of nitrogens with one attached hydrogen (secondary N) is 3. The first-order chi connectivity index (χ1) is 17.0. The van der Waals surface area contributed by atoms with Crippen molar-refractivity contribution in [1.29, 1.82) is 0 Å². The number of hydrogen-bond acceptors (Lipinski definition) is 11. The average molecular weight is 521 g/mol. The molecule has 3 aliphatic rings. The second-order valence-corrected chi connectivity index (χ2v) is 10.4. The van der Waals surface area contributed by atoms with Gasteiger partial charge < -0.3 is 25.0 Å². The van der Waals surface area contributed by atoms with E-state index in [-0.39, 0.29) is 28.9 Å². The van der Waals surface area contributed by atoms with Gasteiger partial charge in [-0.1, -0.05) is 5.16 Å².